The molecule has 0 aliphatic heterocycles. The Morgan fingerprint density at radius 2 is 2.00 bits per heavy atom. The molecule has 2 aromatic rings. The molecular weight excluding hydrogens is 240 g/mol. The summed E-state index contributed by atoms with van der Waals surface area (Å²) in [7, 11) is 1.86. The van der Waals surface area contributed by atoms with Gasteiger partial charge in [-0.15, -0.1) is 0 Å². The van der Waals surface area contributed by atoms with Crippen molar-refractivity contribution in [1.29, 1.82) is 0 Å². The zero-order valence-electron chi connectivity index (χ0n) is 9.22. The first kappa shape index (κ1) is 11.8. The lowest BCUT2D eigenvalue weighted by Crippen LogP contribution is -2.06. The molecule has 0 amide bonds. The maximum atomic E-state index is 5.79. The second kappa shape index (κ2) is 5.56. The van der Waals surface area contributed by atoms with Crippen molar-refractivity contribution in [1.82, 2.24) is 20.3 Å². The van der Waals surface area contributed by atoms with Crippen LogP contribution < -0.4 is 10.1 Å². The minimum absolute atomic E-state index is 0.272. The quantitative estimate of drug-likeness (QED) is 0.900. The van der Waals surface area contributed by atoms with Crippen LogP contribution in [0.5, 0.6) is 11.8 Å². The van der Waals surface area contributed by atoms with E-state index in [1.165, 1.54) is 6.20 Å². The van der Waals surface area contributed by atoms with E-state index < -0.39 is 0 Å². The molecule has 88 valence electrons. The molecule has 0 fully saturated rings. The topological polar surface area (TPSA) is 59.9 Å². The number of nitrogens with zero attached hydrogens (tertiary/aromatic N) is 3. The van der Waals surface area contributed by atoms with Gasteiger partial charge < -0.3 is 10.1 Å². The van der Waals surface area contributed by atoms with Crippen molar-refractivity contribution in [2.24, 2.45) is 0 Å². The van der Waals surface area contributed by atoms with Gasteiger partial charge in [0.15, 0.2) is 5.75 Å². The van der Waals surface area contributed by atoms with Crippen molar-refractivity contribution in [3.8, 4) is 11.8 Å². The third kappa shape index (κ3) is 3.37. The van der Waals surface area contributed by atoms with Crippen LogP contribution in [0.4, 0.5) is 0 Å². The standard InChI is InChI=1S/C11H11ClN4O/c1-13-3-8-4-15-11(16-5-8)17-10-2-9(12)6-14-7-10/h2,4-7,13H,3H2,1H3. The summed E-state index contributed by atoms with van der Waals surface area (Å²) in [4.78, 5) is 12.1. The van der Waals surface area contributed by atoms with Crippen molar-refractivity contribution in [2.75, 3.05) is 7.05 Å². The molecule has 5 nitrogen and oxygen atoms in total. The molecule has 0 aliphatic carbocycles. The second-order valence-electron chi connectivity index (χ2n) is 3.35. The predicted molar refractivity (Wildman–Crippen MR) is 64.1 cm³/mol. The van der Waals surface area contributed by atoms with Gasteiger partial charge in [0.25, 0.3) is 0 Å². The number of aromatic nitrogens is 3. The average molecular weight is 251 g/mol. The lowest BCUT2D eigenvalue weighted by atomic mass is 10.3. The largest absolute Gasteiger partial charge is 0.423 e. The predicted octanol–water partition coefficient (Wildman–Crippen LogP) is 2.04. The van der Waals surface area contributed by atoms with E-state index in [1.54, 1.807) is 24.7 Å². The number of nitrogens with one attached hydrogen (secondary N) is 1. The number of halogens is 1. The number of ether oxygens (including phenoxy) is 1. The maximum absolute atomic E-state index is 5.79. The van der Waals surface area contributed by atoms with Crippen LogP contribution in [-0.4, -0.2) is 22.0 Å². The molecule has 0 saturated heterocycles. The van der Waals surface area contributed by atoms with E-state index in [2.05, 4.69) is 20.3 Å². The molecule has 0 aliphatic rings. The fraction of sp³-hybridized carbons (Fsp3) is 0.182. The van der Waals surface area contributed by atoms with Gasteiger partial charge in [0, 0.05) is 36.8 Å². The zero-order valence-corrected chi connectivity index (χ0v) is 9.98. The highest BCUT2D eigenvalue weighted by atomic mass is 35.5. The monoisotopic (exact) mass is 250 g/mol. The molecule has 0 saturated carbocycles. The Kier molecular flexibility index (Phi) is 3.85. The summed E-state index contributed by atoms with van der Waals surface area (Å²) in [6.45, 7) is 0.721. The van der Waals surface area contributed by atoms with Crippen LogP contribution in [0.15, 0.2) is 30.9 Å². The highest BCUT2D eigenvalue weighted by Crippen LogP contribution is 2.19. The minimum atomic E-state index is 0.272. The Morgan fingerprint density at radius 1 is 1.24 bits per heavy atom. The van der Waals surface area contributed by atoms with E-state index in [1.807, 2.05) is 7.05 Å². The summed E-state index contributed by atoms with van der Waals surface area (Å²) in [6.07, 6.45) is 6.50. The fourth-order valence-corrected chi connectivity index (χ4v) is 1.41. The molecule has 17 heavy (non-hydrogen) atoms. The highest BCUT2D eigenvalue weighted by molar-refractivity contribution is 6.30. The number of hydrogen-bond donors (Lipinski definition) is 1. The van der Waals surface area contributed by atoms with E-state index >= 15 is 0 Å². The Morgan fingerprint density at radius 3 is 2.65 bits per heavy atom. The Balaban J connectivity index is 2.08. The van der Waals surface area contributed by atoms with E-state index in [9.17, 15) is 0 Å². The molecule has 0 aromatic carbocycles. The summed E-state index contributed by atoms with van der Waals surface area (Å²) < 4.78 is 5.40. The molecule has 2 aromatic heterocycles. The van der Waals surface area contributed by atoms with E-state index in [0.29, 0.717) is 10.8 Å². The van der Waals surface area contributed by atoms with Crippen molar-refractivity contribution < 1.29 is 4.74 Å². The van der Waals surface area contributed by atoms with Gasteiger partial charge in [0.1, 0.15) is 0 Å². The molecule has 0 spiro atoms. The molecule has 0 unspecified atom stereocenters. The van der Waals surface area contributed by atoms with Crippen LogP contribution in [0.3, 0.4) is 0 Å². The van der Waals surface area contributed by atoms with Crippen LogP contribution in [0.1, 0.15) is 5.56 Å². The number of rotatable bonds is 4. The van der Waals surface area contributed by atoms with E-state index in [-0.39, 0.29) is 6.01 Å². The fourth-order valence-electron chi connectivity index (χ4n) is 1.24. The van der Waals surface area contributed by atoms with Gasteiger partial charge >= 0.3 is 6.01 Å². The van der Waals surface area contributed by atoms with Crippen molar-refractivity contribution in [2.45, 2.75) is 6.54 Å². The minimum Gasteiger partial charge on any atom is -0.423 e. The first-order chi connectivity index (χ1) is 8.28. The molecule has 0 radical (unpaired) electrons. The average Bonchev–Trinajstić information content (AvgIpc) is 2.32. The van der Waals surface area contributed by atoms with Crippen LogP contribution >= 0.6 is 11.6 Å². The van der Waals surface area contributed by atoms with Gasteiger partial charge in [-0.05, 0) is 7.05 Å². The van der Waals surface area contributed by atoms with Gasteiger partial charge in [0.05, 0.1) is 11.2 Å². The highest BCUT2D eigenvalue weighted by Gasteiger charge is 2.01. The first-order valence-electron chi connectivity index (χ1n) is 5.02. The zero-order chi connectivity index (χ0) is 12.1. The van der Waals surface area contributed by atoms with E-state index in [0.717, 1.165) is 12.1 Å². The Labute approximate surface area is 104 Å². The van der Waals surface area contributed by atoms with Gasteiger partial charge in [-0.3, -0.25) is 4.98 Å². The first-order valence-corrected chi connectivity index (χ1v) is 5.39. The smallest absolute Gasteiger partial charge is 0.321 e. The maximum Gasteiger partial charge on any atom is 0.321 e. The summed E-state index contributed by atoms with van der Waals surface area (Å²) in [6, 6.07) is 1.92. The molecule has 0 bridgehead atoms. The summed E-state index contributed by atoms with van der Waals surface area (Å²) in [5.74, 6) is 0.513. The van der Waals surface area contributed by atoms with Gasteiger partial charge in [-0.1, -0.05) is 11.6 Å². The summed E-state index contributed by atoms with van der Waals surface area (Å²) >= 11 is 5.79. The Hall–Kier alpha value is -1.72. The van der Waals surface area contributed by atoms with Crippen LogP contribution in [0, 0.1) is 0 Å². The van der Waals surface area contributed by atoms with Gasteiger partial charge in [-0.2, -0.15) is 0 Å². The molecule has 2 rings (SSSR count). The van der Waals surface area contributed by atoms with Crippen molar-refractivity contribution in [3.05, 3.63) is 41.4 Å². The van der Waals surface area contributed by atoms with Crippen LogP contribution in [0.2, 0.25) is 5.02 Å². The lowest BCUT2D eigenvalue weighted by Gasteiger charge is -2.04. The summed E-state index contributed by atoms with van der Waals surface area (Å²) in [5, 5.41) is 3.52. The third-order valence-corrected chi connectivity index (χ3v) is 2.16. The normalized spacial score (nSPS) is 10.2. The second-order valence-corrected chi connectivity index (χ2v) is 3.78. The lowest BCUT2D eigenvalue weighted by molar-refractivity contribution is 0.439. The number of pyridine rings is 1. The molecular formula is C11H11ClN4O. The van der Waals surface area contributed by atoms with Crippen LogP contribution in [0.25, 0.3) is 0 Å². The third-order valence-electron chi connectivity index (χ3n) is 1.95. The van der Waals surface area contributed by atoms with Crippen molar-refractivity contribution in [3.63, 3.8) is 0 Å². The van der Waals surface area contributed by atoms with Gasteiger partial charge in [-0.25, -0.2) is 9.97 Å². The number of hydrogen-bond acceptors (Lipinski definition) is 5. The molecule has 0 atom stereocenters. The summed E-state index contributed by atoms with van der Waals surface area (Å²) in [5.41, 5.74) is 0.990. The van der Waals surface area contributed by atoms with E-state index in [4.69, 9.17) is 16.3 Å². The SMILES string of the molecule is CNCc1cnc(Oc2cncc(Cl)c2)nc1. The van der Waals surface area contributed by atoms with Gasteiger partial charge in [0.2, 0.25) is 0 Å². The van der Waals surface area contributed by atoms with Crippen molar-refractivity contribution >= 4 is 11.6 Å². The molecule has 2 heterocycles. The van der Waals surface area contributed by atoms with Crippen LogP contribution in [-0.2, 0) is 6.54 Å². The molecule has 6 heteroatoms. The Bertz CT molecular complexity index is 489. The molecule has 1 N–H and O–H groups in total.